The first-order valence-corrected chi connectivity index (χ1v) is 26.9. The number of nitrogens with zero attached hydrogens (tertiary/aromatic N) is 1. The number of quaternary nitrogens is 1. The zero-order chi connectivity index (χ0) is 49.9. The fourth-order valence-corrected chi connectivity index (χ4v) is 7.28. The van der Waals surface area contributed by atoms with E-state index in [4.69, 9.17) is 14.2 Å². The van der Waals surface area contributed by atoms with Gasteiger partial charge in [0.1, 0.15) is 6.61 Å². The number of likely N-dealkylation sites (N-methyl/N-ethyl adjacent to an activating group) is 1. The number of ether oxygens (including phenoxy) is 3. The number of carboxylic acids is 1. The molecule has 0 saturated carbocycles. The molecule has 1 N–H and O–H groups in total. The molecule has 0 rings (SSSR count). The maximum Gasteiger partial charge on any atom is 0.362 e. The maximum atomic E-state index is 12.8. The second-order valence-electron chi connectivity index (χ2n) is 18.7. The van der Waals surface area contributed by atoms with Gasteiger partial charge in [0.2, 0.25) is 0 Å². The standard InChI is InChI=1S/C60H99NO7/c1-6-8-10-12-14-16-18-20-22-24-26-28-29-31-33-35-37-39-41-43-45-47-49-51-59(63)68-56(54-66-53-52-57(60(64)65)61(3,4)5)55-67-58(62)50-48-46-44-42-40-38-36-34-32-30-27-25-23-21-19-17-15-13-11-9-7-2/h8,10,14-17,20-23,26-28,30-31,33-34,36,56-57H,6-7,9,11-13,18-19,24-25,29,32,35,37-55H2,1-5H3/p+1/b10-8+,16-14+,17-15+,22-20+,23-21+,28-26+,30-27+,33-31+,36-34+. The SMILES string of the molecule is CC/C=C/C/C=C/C/C=C/C/C=C/C/C=C/CCCCCCCCCC(=O)OC(COCCC(C(=O)O)[N+](C)(C)C)COC(=O)CCCCCCC/C=C/C/C=C/C/C=C/C/C=C/CCCCC. The third-order valence-electron chi connectivity index (χ3n) is 11.4. The lowest BCUT2D eigenvalue weighted by Crippen LogP contribution is -2.50. The molecule has 0 spiro atoms. The normalized spacial score (nSPS) is 13.7. The zero-order valence-corrected chi connectivity index (χ0v) is 44.0. The highest BCUT2D eigenvalue weighted by Gasteiger charge is 2.31. The van der Waals surface area contributed by atoms with Crippen LogP contribution in [0.3, 0.4) is 0 Å². The minimum atomic E-state index is -0.883. The van der Waals surface area contributed by atoms with E-state index in [1.165, 1.54) is 44.9 Å². The molecule has 0 heterocycles. The Bertz CT molecular complexity index is 1470. The minimum absolute atomic E-state index is 0.0432. The monoisotopic (exact) mass is 947 g/mol. The first kappa shape index (κ1) is 64.0. The van der Waals surface area contributed by atoms with Gasteiger partial charge in [-0.3, -0.25) is 9.59 Å². The fourth-order valence-electron chi connectivity index (χ4n) is 7.28. The maximum absolute atomic E-state index is 12.8. The molecule has 68 heavy (non-hydrogen) atoms. The van der Waals surface area contributed by atoms with Crippen molar-refractivity contribution in [3.63, 3.8) is 0 Å². The van der Waals surface area contributed by atoms with Crippen molar-refractivity contribution in [2.24, 2.45) is 0 Å². The van der Waals surface area contributed by atoms with Crippen LogP contribution in [-0.4, -0.2) is 80.6 Å². The molecule has 0 aliphatic carbocycles. The van der Waals surface area contributed by atoms with E-state index in [0.29, 0.717) is 19.3 Å². The predicted molar refractivity (Wildman–Crippen MR) is 289 cm³/mol. The molecular weight excluding hydrogens is 847 g/mol. The Labute approximate surface area is 417 Å². The molecule has 0 aliphatic heterocycles. The van der Waals surface area contributed by atoms with Crippen molar-refractivity contribution in [2.75, 3.05) is 41.0 Å². The Kier molecular flexibility index (Phi) is 46.5. The summed E-state index contributed by atoms with van der Waals surface area (Å²) in [4.78, 5) is 37.2. The Balaban J connectivity index is 4.32. The van der Waals surface area contributed by atoms with E-state index in [2.05, 4.69) is 123 Å². The van der Waals surface area contributed by atoms with Crippen LogP contribution in [0.25, 0.3) is 0 Å². The number of aliphatic carboxylic acids is 1. The molecule has 0 aromatic heterocycles. The van der Waals surface area contributed by atoms with E-state index in [9.17, 15) is 19.5 Å². The lowest BCUT2D eigenvalue weighted by molar-refractivity contribution is -0.887. The van der Waals surface area contributed by atoms with Gasteiger partial charge in [-0.25, -0.2) is 4.79 Å². The third-order valence-corrected chi connectivity index (χ3v) is 11.4. The van der Waals surface area contributed by atoms with Gasteiger partial charge in [-0.2, -0.15) is 0 Å². The van der Waals surface area contributed by atoms with E-state index in [0.717, 1.165) is 122 Å². The molecule has 0 bridgehead atoms. The molecule has 0 aromatic rings. The van der Waals surface area contributed by atoms with Gasteiger partial charge >= 0.3 is 17.9 Å². The molecule has 0 fully saturated rings. The van der Waals surface area contributed by atoms with Gasteiger partial charge in [0.15, 0.2) is 12.1 Å². The van der Waals surface area contributed by atoms with E-state index >= 15 is 0 Å². The highest BCUT2D eigenvalue weighted by atomic mass is 16.6. The first-order chi connectivity index (χ1) is 33.1. The number of carboxylic acid groups (broad SMARTS) is 1. The summed E-state index contributed by atoms with van der Waals surface area (Å²) in [5.41, 5.74) is 0. The minimum Gasteiger partial charge on any atom is -0.477 e. The molecule has 0 saturated heterocycles. The average Bonchev–Trinajstić information content (AvgIpc) is 3.30. The van der Waals surface area contributed by atoms with Crippen molar-refractivity contribution >= 4 is 17.9 Å². The number of hydrogen-bond donors (Lipinski definition) is 1. The Hall–Kier alpha value is -4.01. The molecule has 8 nitrogen and oxygen atoms in total. The molecule has 0 aliphatic rings. The summed E-state index contributed by atoms with van der Waals surface area (Å²) in [5.74, 6) is -1.51. The van der Waals surface area contributed by atoms with Crippen LogP contribution in [0.4, 0.5) is 0 Å². The number of allylic oxidation sites excluding steroid dienone is 18. The van der Waals surface area contributed by atoms with E-state index in [1.54, 1.807) is 0 Å². The Morgan fingerprint density at radius 2 is 0.824 bits per heavy atom. The van der Waals surface area contributed by atoms with Crippen LogP contribution in [-0.2, 0) is 28.6 Å². The second kappa shape index (κ2) is 49.4. The molecule has 2 unspecified atom stereocenters. The molecule has 8 heteroatoms. The van der Waals surface area contributed by atoms with Gasteiger partial charge in [0, 0.05) is 19.3 Å². The lowest BCUT2D eigenvalue weighted by Gasteiger charge is -2.31. The number of unbranched alkanes of at least 4 members (excludes halogenated alkanes) is 15. The van der Waals surface area contributed by atoms with E-state index < -0.39 is 18.1 Å². The van der Waals surface area contributed by atoms with Crippen molar-refractivity contribution in [3.8, 4) is 0 Å². The van der Waals surface area contributed by atoms with Crippen LogP contribution >= 0.6 is 0 Å². The Morgan fingerprint density at radius 1 is 0.456 bits per heavy atom. The zero-order valence-electron chi connectivity index (χ0n) is 44.0. The van der Waals surface area contributed by atoms with Crippen LogP contribution in [0.1, 0.15) is 200 Å². The van der Waals surface area contributed by atoms with Crippen LogP contribution in [0, 0.1) is 0 Å². The molecular formula is C60H100NO7+. The molecule has 0 amide bonds. The summed E-state index contributed by atoms with van der Waals surface area (Å²) in [6.45, 7) is 4.56. The van der Waals surface area contributed by atoms with Gasteiger partial charge in [0.05, 0.1) is 34.4 Å². The first-order valence-electron chi connectivity index (χ1n) is 26.9. The number of carbonyl (C=O) groups excluding carboxylic acids is 2. The quantitative estimate of drug-likeness (QED) is 0.0281. The lowest BCUT2D eigenvalue weighted by atomic mass is 10.1. The fraction of sp³-hybridized carbons (Fsp3) is 0.650. The number of esters is 2. The van der Waals surface area contributed by atoms with E-state index in [-0.39, 0.29) is 36.2 Å². The third kappa shape index (κ3) is 47.1. The summed E-state index contributed by atoms with van der Waals surface area (Å²) >= 11 is 0. The largest absolute Gasteiger partial charge is 0.477 e. The highest BCUT2D eigenvalue weighted by Crippen LogP contribution is 2.14. The van der Waals surface area contributed by atoms with Gasteiger partial charge in [-0.05, 0) is 103 Å². The predicted octanol–water partition coefficient (Wildman–Crippen LogP) is 16.0. The van der Waals surface area contributed by atoms with Gasteiger partial charge in [-0.15, -0.1) is 0 Å². The van der Waals surface area contributed by atoms with Gasteiger partial charge in [0.25, 0.3) is 0 Å². The van der Waals surface area contributed by atoms with Gasteiger partial charge < -0.3 is 23.8 Å². The summed E-state index contributed by atoms with van der Waals surface area (Å²) in [5, 5.41) is 9.67. The number of carbonyl (C=O) groups is 3. The van der Waals surface area contributed by atoms with E-state index in [1.807, 2.05) is 21.1 Å². The number of hydrogen-bond acceptors (Lipinski definition) is 6. The molecule has 2 atom stereocenters. The summed E-state index contributed by atoms with van der Waals surface area (Å²) in [6.07, 6.45) is 68.5. The van der Waals surface area contributed by atoms with Crippen LogP contribution in [0.5, 0.6) is 0 Å². The summed E-state index contributed by atoms with van der Waals surface area (Å²) < 4.78 is 17.3. The smallest absolute Gasteiger partial charge is 0.362 e. The van der Waals surface area contributed by atoms with Crippen molar-refractivity contribution in [1.82, 2.24) is 0 Å². The molecule has 0 radical (unpaired) electrons. The van der Waals surface area contributed by atoms with Gasteiger partial charge in [-0.1, -0.05) is 187 Å². The summed E-state index contributed by atoms with van der Waals surface area (Å²) in [6, 6.07) is -0.628. The average molecular weight is 947 g/mol. The molecule has 0 aromatic carbocycles. The van der Waals surface area contributed by atoms with Crippen molar-refractivity contribution < 1.29 is 38.2 Å². The Morgan fingerprint density at radius 3 is 1.22 bits per heavy atom. The van der Waals surface area contributed by atoms with Crippen LogP contribution in [0.15, 0.2) is 109 Å². The van der Waals surface area contributed by atoms with Crippen molar-refractivity contribution in [1.29, 1.82) is 0 Å². The van der Waals surface area contributed by atoms with Crippen molar-refractivity contribution in [2.45, 2.75) is 212 Å². The van der Waals surface area contributed by atoms with Crippen LogP contribution in [0.2, 0.25) is 0 Å². The van der Waals surface area contributed by atoms with Crippen LogP contribution < -0.4 is 0 Å². The topological polar surface area (TPSA) is 99.1 Å². The second-order valence-corrected chi connectivity index (χ2v) is 18.7. The summed E-state index contributed by atoms with van der Waals surface area (Å²) in [7, 11) is 5.52. The number of rotatable bonds is 47. The highest BCUT2D eigenvalue weighted by molar-refractivity contribution is 5.72. The van der Waals surface area contributed by atoms with Crippen molar-refractivity contribution in [3.05, 3.63) is 109 Å². The molecule has 386 valence electrons.